The van der Waals surface area contributed by atoms with Gasteiger partial charge in [-0.25, -0.2) is 5.43 Å². The molecule has 6 heteroatoms. The number of hydrogen-bond acceptors (Lipinski definition) is 3. The van der Waals surface area contributed by atoms with Crippen LogP contribution in [0.25, 0.3) is 0 Å². The second-order valence-electron chi connectivity index (χ2n) is 3.38. The van der Waals surface area contributed by atoms with Crippen molar-refractivity contribution in [1.29, 1.82) is 0 Å². The molecule has 1 aliphatic heterocycles. The maximum absolute atomic E-state index is 10.9. The fourth-order valence-electron chi connectivity index (χ4n) is 1.44. The Labute approximate surface area is 102 Å². The normalized spacial score (nSPS) is 15.6. The quantitative estimate of drug-likeness (QED) is 0.812. The number of benzene rings is 1. The lowest BCUT2D eigenvalue weighted by atomic mass is 10.0. The van der Waals surface area contributed by atoms with E-state index in [-0.39, 0.29) is 16.7 Å². The molecule has 4 nitrogen and oxygen atoms in total. The molecular weight excluding hydrogens is 251 g/mol. The molecule has 0 unspecified atom stereocenters. The third kappa shape index (κ3) is 2.13. The molecular formula is C10H8Cl2N2O2. The highest BCUT2D eigenvalue weighted by Gasteiger charge is 2.17. The van der Waals surface area contributed by atoms with E-state index in [2.05, 4.69) is 10.5 Å². The van der Waals surface area contributed by atoms with Crippen LogP contribution in [-0.4, -0.2) is 16.7 Å². The van der Waals surface area contributed by atoms with Crippen LogP contribution in [0.4, 0.5) is 0 Å². The molecule has 0 spiro atoms. The minimum atomic E-state index is -0.136. The van der Waals surface area contributed by atoms with Gasteiger partial charge in [0.15, 0.2) is 0 Å². The Hall–Kier alpha value is -1.26. The number of halogens is 2. The van der Waals surface area contributed by atoms with Gasteiger partial charge in [-0.05, 0) is 6.07 Å². The molecule has 1 amide bonds. The molecule has 1 aromatic rings. The Bertz CT molecular complexity index is 486. The van der Waals surface area contributed by atoms with Gasteiger partial charge < -0.3 is 5.11 Å². The van der Waals surface area contributed by atoms with Crippen LogP contribution in [0.3, 0.4) is 0 Å². The molecule has 1 aromatic carbocycles. The maximum Gasteiger partial charge on any atom is 0.240 e. The fourth-order valence-corrected chi connectivity index (χ4v) is 1.76. The largest absolute Gasteiger partial charge is 0.507 e. The summed E-state index contributed by atoms with van der Waals surface area (Å²) in [5.74, 6) is -0.132. The van der Waals surface area contributed by atoms with Crippen LogP contribution in [0.15, 0.2) is 17.2 Å². The van der Waals surface area contributed by atoms with Gasteiger partial charge in [-0.2, -0.15) is 5.10 Å². The van der Waals surface area contributed by atoms with E-state index < -0.39 is 0 Å². The molecule has 2 N–H and O–H groups in total. The molecule has 2 rings (SSSR count). The van der Waals surface area contributed by atoms with Crippen LogP contribution in [0.2, 0.25) is 10.0 Å². The summed E-state index contributed by atoms with van der Waals surface area (Å²) in [7, 11) is 0. The van der Waals surface area contributed by atoms with E-state index in [1.807, 2.05) is 0 Å². The van der Waals surface area contributed by atoms with E-state index in [4.69, 9.17) is 23.2 Å². The second-order valence-corrected chi connectivity index (χ2v) is 4.19. The van der Waals surface area contributed by atoms with Gasteiger partial charge in [-0.1, -0.05) is 23.2 Å². The van der Waals surface area contributed by atoms with Gasteiger partial charge in [-0.3, -0.25) is 4.79 Å². The van der Waals surface area contributed by atoms with E-state index in [1.54, 1.807) is 0 Å². The van der Waals surface area contributed by atoms with Gasteiger partial charge in [-0.15, -0.1) is 0 Å². The summed E-state index contributed by atoms with van der Waals surface area (Å²) in [5.41, 5.74) is 3.44. The SMILES string of the molecule is O=C1CCC(c2cc(Cl)c(Cl)cc2O)=NN1. The number of carbonyl (C=O) groups excluding carboxylic acids is 1. The smallest absolute Gasteiger partial charge is 0.240 e. The Kier molecular flexibility index (Phi) is 3.03. The standard InChI is InChI=1S/C10H8Cl2N2O2/c11-6-3-5(9(15)4-7(6)12)8-1-2-10(16)14-13-8/h3-4,15H,1-2H2,(H,14,16). The van der Waals surface area contributed by atoms with E-state index in [0.29, 0.717) is 29.1 Å². The third-order valence-corrected chi connectivity index (χ3v) is 2.98. The first kappa shape index (κ1) is 11.2. The first-order valence-corrected chi connectivity index (χ1v) is 5.37. The number of phenolic OH excluding ortho intramolecular Hbond substituents is 1. The Morgan fingerprint density at radius 3 is 2.56 bits per heavy atom. The number of carbonyl (C=O) groups is 1. The first-order chi connectivity index (χ1) is 7.58. The van der Waals surface area contributed by atoms with Gasteiger partial charge in [0.2, 0.25) is 5.91 Å². The zero-order valence-corrected chi connectivity index (χ0v) is 9.64. The predicted molar refractivity (Wildman–Crippen MR) is 62.0 cm³/mol. The van der Waals surface area contributed by atoms with Gasteiger partial charge in [0.25, 0.3) is 0 Å². The zero-order valence-electron chi connectivity index (χ0n) is 8.13. The van der Waals surface area contributed by atoms with Crippen molar-refractivity contribution >= 4 is 34.8 Å². The number of hydrogen-bond donors (Lipinski definition) is 2. The number of amides is 1. The van der Waals surface area contributed by atoms with Crippen molar-refractivity contribution in [1.82, 2.24) is 5.43 Å². The lowest BCUT2D eigenvalue weighted by Crippen LogP contribution is -2.25. The van der Waals surface area contributed by atoms with Gasteiger partial charge in [0.1, 0.15) is 5.75 Å². The van der Waals surface area contributed by atoms with Crippen molar-refractivity contribution in [2.75, 3.05) is 0 Å². The number of nitrogens with one attached hydrogen (secondary N) is 1. The topological polar surface area (TPSA) is 61.7 Å². The Morgan fingerprint density at radius 2 is 1.94 bits per heavy atom. The molecule has 1 aliphatic rings. The van der Waals surface area contributed by atoms with Crippen molar-refractivity contribution in [3.8, 4) is 5.75 Å². The van der Waals surface area contributed by atoms with Crippen molar-refractivity contribution in [2.45, 2.75) is 12.8 Å². The van der Waals surface area contributed by atoms with E-state index in [9.17, 15) is 9.90 Å². The highest BCUT2D eigenvalue weighted by Crippen LogP contribution is 2.31. The number of rotatable bonds is 1. The molecule has 0 atom stereocenters. The van der Waals surface area contributed by atoms with Crippen LogP contribution in [0.1, 0.15) is 18.4 Å². The maximum atomic E-state index is 10.9. The molecule has 0 aliphatic carbocycles. The predicted octanol–water partition coefficient (Wildman–Crippen LogP) is 2.31. The van der Waals surface area contributed by atoms with E-state index in [1.165, 1.54) is 12.1 Å². The minimum Gasteiger partial charge on any atom is -0.507 e. The van der Waals surface area contributed by atoms with Gasteiger partial charge in [0.05, 0.1) is 15.8 Å². The van der Waals surface area contributed by atoms with E-state index >= 15 is 0 Å². The number of phenols is 1. The molecule has 0 bridgehead atoms. The third-order valence-electron chi connectivity index (χ3n) is 2.25. The molecule has 0 fully saturated rings. The van der Waals surface area contributed by atoms with E-state index in [0.717, 1.165) is 0 Å². The number of nitrogens with zero attached hydrogens (tertiary/aromatic N) is 1. The average Bonchev–Trinajstić information content (AvgIpc) is 2.25. The summed E-state index contributed by atoms with van der Waals surface area (Å²) in [5, 5.41) is 14.2. The van der Waals surface area contributed by atoms with Crippen LogP contribution in [-0.2, 0) is 4.79 Å². The number of aromatic hydroxyl groups is 1. The van der Waals surface area contributed by atoms with Crippen molar-refractivity contribution in [2.24, 2.45) is 5.10 Å². The van der Waals surface area contributed by atoms with Crippen molar-refractivity contribution in [3.63, 3.8) is 0 Å². The number of hydrazone groups is 1. The van der Waals surface area contributed by atoms with Gasteiger partial charge >= 0.3 is 0 Å². The summed E-state index contributed by atoms with van der Waals surface area (Å²) in [6.07, 6.45) is 0.815. The second kappa shape index (κ2) is 4.31. The lowest BCUT2D eigenvalue weighted by Gasteiger charge is -2.13. The molecule has 84 valence electrons. The van der Waals surface area contributed by atoms with Crippen molar-refractivity contribution in [3.05, 3.63) is 27.7 Å². The van der Waals surface area contributed by atoms with Crippen LogP contribution in [0, 0.1) is 0 Å². The molecule has 0 radical (unpaired) electrons. The first-order valence-electron chi connectivity index (χ1n) is 4.61. The summed E-state index contributed by atoms with van der Waals surface area (Å²) in [4.78, 5) is 10.9. The summed E-state index contributed by atoms with van der Waals surface area (Å²) < 4.78 is 0. The van der Waals surface area contributed by atoms with Crippen molar-refractivity contribution < 1.29 is 9.90 Å². The minimum absolute atomic E-state index is 0.00398. The monoisotopic (exact) mass is 258 g/mol. The Balaban J connectivity index is 2.41. The molecule has 16 heavy (non-hydrogen) atoms. The van der Waals surface area contributed by atoms with Crippen LogP contribution in [0.5, 0.6) is 5.75 Å². The summed E-state index contributed by atoms with van der Waals surface area (Å²) in [6.45, 7) is 0. The van der Waals surface area contributed by atoms with Gasteiger partial charge in [0, 0.05) is 24.5 Å². The molecule has 0 aromatic heterocycles. The highest BCUT2D eigenvalue weighted by molar-refractivity contribution is 6.42. The van der Waals surface area contributed by atoms with Crippen LogP contribution >= 0.6 is 23.2 Å². The summed E-state index contributed by atoms with van der Waals surface area (Å²) >= 11 is 11.6. The molecule has 0 saturated heterocycles. The molecule has 1 heterocycles. The summed E-state index contributed by atoms with van der Waals surface area (Å²) in [6, 6.07) is 2.90. The Morgan fingerprint density at radius 1 is 1.25 bits per heavy atom. The average molecular weight is 259 g/mol. The van der Waals surface area contributed by atoms with Crippen LogP contribution < -0.4 is 5.43 Å². The fraction of sp³-hybridized carbons (Fsp3) is 0.200. The highest BCUT2D eigenvalue weighted by atomic mass is 35.5. The zero-order chi connectivity index (χ0) is 11.7. The lowest BCUT2D eigenvalue weighted by molar-refractivity contribution is -0.121. The molecule has 0 saturated carbocycles.